The van der Waals surface area contributed by atoms with Gasteiger partial charge in [0, 0.05) is 26.8 Å². The first kappa shape index (κ1) is 16.1. The second kappa shape index (κ2) is 7.59. The second-order valence-corrected chi connectivity index (χ2v) is 6.11. The average Bonchev–Trinajstić information content (AvgIpc) is 2.37. The van der Waals surface area contributed by atoms with Gasteiger partial charge >= 0.3 is 0 Å². The summed E-state index contributed by atoms with van der Waals surface area (Å²) in [6, 6.07) is 5.47. The molecule has 0 bridgehead atoms. The topological polar surface area (TPSA) is 67.4 Å². The second-order valence-electron chi connectivity index (χ2n) is 4.37. The lowest BCUT2D eigenvalue weighted by atomic mass is 10.1. The number of benzene rings is 1. The molecule has 0 spiro atoms. The molecule has 1 rings (SSSR count). The standard InChI is InChI=1S/C13H22N2O3S/c1-11-5-6-12(10-14-2)9-13(11)19(16,17)15-7-4-8-18-3/h5-6,9,14-15H,4,7-8,10H2,1-3H3. The van der Waals surface area contributed by atoms with E-state index < -0.39 is 10.0 Å². The third-order valence-corrected chi connectivity index (χ3v) is 4.34. The fourth-order valence-corrected chi connectivity index (χ4v) is 3.12. The zero-order chi connectivity index (χ0) is 14.3. The number of nitrogens with one attached hydrogen (secondary N) is 2. The van der Waals surface area contributed by atoms with E-state index in [4.69, 9.17) is 4.74 Å². The summed E-state index contributed by atoms with van der Waals surface area (Å²) in [5, 5.41) is 3.01. The SMILES string of the molecule is CNCc1ccc(C)c(S(=O)(=O)NCCCOC)c1. The van der Waals surface area contributed by atoms with Gasteiger partial charge in [-0.05, 0) is 37.6 Å². The van der Waals surface area contributed by atoms with Gasteiger partial charge in [-0.25, -0.2) is 13.1 Å². The third-order valence-electron chi connectivity index (χ3n) is 2.74. The molecule has 6 heteroatoms. The maximum absolute atomic E-state index is 12.2. The van der Waals surface area contributed by atoms with Crippen LogP contribution in [0.2, 0.25) is 0 Å². The van der Waals surface area contributed by atoms with Crippen LogP contribution >= 0.6 is 0 Å². The van der Waals surface area contributed by atoms with E-state index in [2.05, 4.69) is 10.0 Å². The molecule has 0 radical (unpaired) electrons. The van der Waals surface area contributed by atoms with Crippen molar-refractivity contribution in [2.45, 2.75) is 24.8 Å². The van der Waals surface area contributed by atoms with Crippen molar-refractivity contribution >= 4 is 10.0 Å². The molecule has 0 amide bonds. The first-order valence-electron chi connectivity index (χ1n) is 6.24. The molecule has 108 valence electrons. The lowest BCUT2D eigenvalue weighted by Crippen LogP contribution is -2.26. The van der Waals surface area contributed by atoms with E-state index in [9.17, 15) is 8.42 Å². The zero-order valence-electron chi connectivity index (χ0n) is 11.7. The molecule has 0 atom stereocenters. The number of hydrogen-bond donors (Lipinski definition) is 2. The summed E-state index contributed by atoms with van der Waals surface area (Å²) >= 11 is 0. The number of methoxy groups -OCH3 is 1. The molecule has 1 aromatic rings. The van der Waals surface area contributed by atoms with E-state index >= 15 is 0 Å². The summed E-state index contributed by atoms with van der Waals surface area (Å²) < 4.78 is 31.9. The van der Waals surface area contributed by atoms with Crippen molar-refractivity contribution in [3.63, 3.8) is 0 Å². The molecule has 0 aliphatic carbocycles. The van der Waals surface area contributed by atoms with E-state index in [0.717, 1.165) is 11.1 Å². The molecule has 1 aromatic carbocycles. The van der Waals surface area contributed by atoms with Crippen molar-refractivity contribution in [2.24, 2.45) is 0 Å². The number of hydrogen-bond acceptors (Lipinski definition) is 4. The minimum absolute atomic E-state index is 0.345. The normalized spacial score (nSPS) is 11.7. The third kappa shape index (κ3) is 4.91. The molecule has 2 N–H and O–H groups in total. The van der Waals surface area contributed by atoms with Crippen LogP contribution in [0.4, 0.5) is 0 Å². The van der Waals surface area contributed by atoms with Gasteiger partial charge in [-0.1, -0.05) is 12.1 Å². The molecule has 0 aliphatic heterocycles. The van der Waals surface area contributed by atoms with Gasteiger partial charge in [-0.15, -0.1) is 0 Å². The molecule has 0 saturated carbocycles. The summed E-state index contributed by atoms with van der Waals surface area (Å²) in [7, 11) is -0.0181. The highest BCUT2D eigenvalue weighted by molar-refractivity contribution is 7.89. The summed E-state index contributed by atoms with van der Waals surface area (Å²) in [4.78, 5) is 0.345. The molecule has 0 unspecified atom stereocenters. The van der Waals surface area contributed by atoms with E-state index in [1.165, 1.54) is 0 Å². The summed E-state index contributed by atoms with van der Waals surface area (Å²) in [6.45, 7) is 3.37. The van der Waals surface area contributed by atoms with Crippen molar-refractivity contribution < 1.29 is 13.2 Å². The first-order chi connectivity index (χ1) is 9.01. The van der Waals surface area contributed by atoms with E-state index in [0.29, 0.717) is 31.0 Å². The van der Waals surface area contributed by atoms with Crippen LogP contribution in [-0.4, -0.2) is 35.7 Å². The molecule has 0 saturated heterocycles. The van der Waals surface area contributed by atoms with Gasteiger partial charge < -0.3 is 10.1 Å². The summed E-state index contributed by atoms with van der Waals surface area (Å²) in [5.41, 5.74) is 1.70. The van der Waals surface area contributed by atoms with Crippen LogP contribution in [0.1, 0.15) is 17.5 Å². The maximum atomic E-state index is 12.2. The Kier molecular flexibility index (Phi) is 6.44. The Morgan fingerprint density at radius 2 is 2.05 bits per heavy atom. The average molecular weight is 286 g/mol. The predicted molar refractivity (Wildman–Crippen MR) is 75.6 cm³/mol. The van der Waals surface area contributed by atoms with Crippen LogP contribution in [-0.2, 0) is 21.3 Å². The molecule has 0 aliphatic rings. The van der Waals surface area contributed by atoms with Gasteiger partial charge in [0.1, 0.15) is 0 Å². The highest BCUT2D eigenvalue weighted by Crippen LogP contribution is 2.17. The van der Waals surface area contributed by atoms with Gasteiger partial charge in [-0.2, -0.15) is 0 Å². The lowest BCUT2D eigenvalue weighted by molar-refractivity contribution is 0.196. The number of sulfonamides is 1. The summed E-state index contributed by atoms with van der Waals surface area (Å²) in [5.74, 6) is 0. The fraction of sp³-hybridized carbons (Fsp3) is 0.538. The molecule has 0 heterocycles. The minimum Gasteiger partial charge on any atom is -0.385 e. The lowest BCUT2D eigenvalue weighted by Gasteiger charge is -2.11. The minimum atomic E-state index is -3.45. The van der Waals surface area contributed by atoms with Gasteiger partial charge in [-0.3, -0.25) is 0 Å². The van der Waals surface area contributed by atoms with Crippen LogP contribution in [0.25, 0.3) is 0 Å². The van der Waals surface area contributed by atoms with Crippen LogP contribution < -0.4 is 10.0 Å². The molecule has 0 aromatic heterocycles. The van der Waals surface area contributed by atoms with Crippen LogP contribution in [0.15, 0.2) is 23.1 Å². The molecular formula is C13H22N2O3S. The highest BCUT2D eigenvalue weighted by atomic mass is 32.2. The van der Waals surface area contributed by atoms with Gasteiger partial charge in [0.05, 0.1) is 4.90 Å². The Labute approximate surface area is 115 Å². The van der Waals surface area contributed by atoms with Crippen molar-refractivity contribution in [1.29, 1.82) is 0 Å². The maximum Gasteiger partial charge on any atom is 0.240 e. The Morgan fingerprint density at radius 3 is 2.68 bits per heavy atom. The molecule has 19 heavy (non-hydrogen) atoms. The monoisotopic (exact) mass is 286 g/mol. The smallest absolute Gasteiger partial charge is 0.240 e. The molecule has 0 fully saturated rings. The molecular weight excluding hydrogens is 264 g/mol. The number of ether oxygens (including phenoxy) is 1. The van der Waals surface area contributed by atoms with Gasteiger partial charge in [0.25, 0.3) is 0 Å². The van der Waals surface area contributed by atoms with Crippen molar-refractivity contribution in [2.75, 3.05) is 27.3 Å². The van der Waals surface area contributed by atoms with Crippen molar-refractivity contribution in [3.05, 3.63) is 29.3 Å². The highest BCUT2D eigenvalue weighted by Gasteiger charge is 2.16. The summed E-state index contributed by atoms with van der Waals surface area (Å²) in [6.07, 6.45) is 0.658. The van der Waals surface area contributed by atoms with Crippen LogP contribution in [0, 0.1) is 6.92 Å². The van der Waals surface area contributed by atoms with E-state index in [1.54, 1.807) is 20.1 Å². The Bertz CT molecular complexity index is 501. The quantitative estimate of drug-likeness (QED) is 0.700. The first-order valence-corrected chi connectivity index (χ1v) is 7.72. The van der Waals surface area contributed by atoms with E-state index in [1.807, 2.05) is 19.2 Å². The molecule has 5 nitrogen and oxygen atoms in total. The van der Waals surface area contributed by atoms with Crippen molar-refractivity contribution in [3.8, 4) is 0 Å². The van der Waals surface area contributed by atoms with E-state index in [-0.39, 0.29) is 0 Å². The Morgan fingerprint density at radius 1 is 1.32 bits per heavy atom. The fourth-order valence-electron chi connectivity index (χ4n) is 1.75. The van der Waals surface area contributed by atoms with Crippen LogP contribution in [0.5, 0.6) is 0 Å². The predicted octanol–water partition coefficient (Wildman–Crippen LogP) is 1.03. The van der Waals surface area contributed by atoms with Gasteiger partial charge in [0.2, 0.25) is 10.0 Å². The van der Waals surface area contributed by atoms with Crippen LogP contribution in [0.3, 0.4) is 0 Å². The Hall–Kier alpha value is -0.950. The zero-order valence-corrected chi connectivity index (χ0v) is 12.5. The largest absolute Gasteiger partial charge is 0.385 e. The Balaban J connectivity index is 2.84. The van der Waals surface area contributed by atoms with Crippen molar-refractivity contribution in [1.82, 2.24) is 10.0 Å². The number of aryl methyl sites for hydroxylation is 1. The van der Waals surface area contributed by atoms with Gasteiger partial charge in [0.15, 0.2) is 0 Å². The number of rotatable bonds is 8.